The van der Waals surface area contributed by atoms with Gasteiger partial charge in [-0.15, -0.1) is 11.3 Å². The number of nitriles is 1. The number of nitrogens with zero attached hydrogens (tertiary/aromatic N) is 3. The third-order valence-corrected chi connectivity index (χ3v) is 6.35. The second-order valence-electron chi connectivity index (χ2n) is 7.97. The van der Waals surface area contributed by atoms with Crippen molar-refractivity contribution in [1.29, 1.82) is 5.26 Å². The van der Waals surface area contributed by atoms with Crippen LogP contribution in [0.15, 0.2) is 66.0 Å². The molecule has 5 nitrogen and oxygen atoms in total. The van der Waals surface area contributed by atoms with E-state index < -0.39 is 5.82 Å². The SMILES string of the molecule is Cc1cc(-c2ccc(F)cc2)cc(C)c1Oc1nc(Nc2ccc(C#N)c(F)c2)nc2ccsc12. The molecular weight excluding hydrogens is 466 g/mol. The monoisotopic (exact) mass is 484 g/mol. The van der Waals surface area contributed by atoms with Crippen molar-refractivity contribution < 1.29 is 13.5 Å². The van der Waals surface area contributed by atoms with E-state index in [1.165, 1.54) is 35.6 Å². The van der Waals surface area contributed by atoms with Crippen molar-refractivity contribution in [1.82, 2.24) is 9.97 Å². The molecule has 0 aliphatic rings. The number of fused-ring (bicyclic) bond motifs is 1. The Bertz CT molecular complexity index is 1580. The van der Waals surface area contributed by atoms with Crippen molar-refractivity contribution in [3.8, 4) is 28.8 Å². The van der Waals surface area contributed by atoms with E-state index in [0.29, 0.717) is 22.8 Å². The molecule has 0 unspecified atom stereocenters. The maximum atomic E-state index is 14.0. The number of rotatable bonds is 5. The number of hydrogen-bond donors (Lipinski definition) is 1. The lowest BCUT2D eigenvalue weighted by Gasteiger charge is -2.15. The summed E-state index contributed by atoms with van der Waals surface area (Å²) in [5, 5.41) is 13.8. The lowest BCUT2D eigenvalue weighted by atomic mass is 10.00. The molecule has 5 rings (SSSR count). The Balaban J connectivity index is 1.49. The fourth-order valence-corrected chi connectivity index (χ4v) is 4.55. The summed E-state index contributed by atoms with van der Waals surface area (Å²) in [6, 6.07) is 18.2. The molecule has 3 aromatic carbocycles. The van der Waals surface area contributed by atoms with Crippen LogP contribution in [0.2, 0.25) is 0 Å². The maximum Gasteiger partial charge on any atom is 0.242 e. The molecule has 0 bridgehead atoms. The standard InChI is InChI=1S/C27H18F2N4OS/c1-15-11-19(17-3-6-20(28)7-4-17)12-16(2)24(15)34-26-25-23(9-10-35-25)32-27(33-26)31-21-8-5-18(14-30)22(29)13-21/h3-13H,1-2H3,(H,31,32,33). The molecule has 0 spiro atoms. The van der Waals surface area contributed by atoms with E-state index in [1.54, 1.807) is 24.3 Å². The average molecular weight is 485 g/mol. The number of hydrogen-bond acceptors (Lipinski definition) is 6. The second kappa shape index (κ2) is 9.12. The number of benzene rings is 3. The van der Waals surface area contributed by atoms with Gasteiger partial charge in [0, 0.05) is 5.69 Å². The summed E-state index contributed by atoms with van der Waals surface area (Å²) in [4.78, 5) is 9.05. The van der Waals surface area contributed by atoms with Crippen LogP contribution in [-0.2, 0) is 0 Å². The molecule has 0 aliphatic heterocycles. The van der Waals surface area contributed by atoms with Gasteiger partial charge in [-0.2, -0.15) is 10.2 Å². The first-order valence-corrected chi connectivity index (χ1v) is 11.6. The molecule has 35 heavy (non-hydrogen) atoms. The Morgan fingerprint density at radius 3 is 2.34 bits per heavy atom. The van der Waals surface area contributed by atoms with Gasteiger partial charge in [0.15, 0.2) is 0 Å². The molecule has 0 atom stereocenters. The van der Waals surface area contributed by atoms with E-state index in [-0.39, 0.29) is 17.3 Å². The highest BCUT2D eigenvalue weighted by Gasteiger charge is 2.16. The zero-order valence-electron chi connectivity index (χ0n) is 18.8. The van der Waals surface area contributed by atoms with Gasteiger partial charge in [-0.3, -0.25) is 0 Å². The lowest BCUT2D eigenvalue weighted by Crippen LogP contribution is -2.01. The van der Waals surface area contributed by atoms with Gasteiger partial charge in [0.25, 0.3) is 0 Å². The van der Waals surface area contributed by atoms with E-state index in [2.05, 4.69) is 15.3 Å². The summed E-state index contributed by atoms with van der Waals surface area (Å²) >= 11 is 1.46. The Labute approximate surface area is 204 Å². The highest BCUT2D eigenvalue weighted by Crippen LogP contribution is 2.37. The molecule has 5 aromatic rings. The largest absolute Gasteiger partial charge is 0.437 e. The molecule has 0 fully saturated rings. The van der Waals surface area contributed by atoms with Crippen LogP contribution in [0.4, 0.5) is 20.4 Å². The third-order valence-electron chi connectivity index (χ3n) is 5.45. The number of thiophene rings is 1. The van der Waals surface area contributed by atoms with Crippen LogP contribution in [0.5, 0.6) is 11.6 Å². The average Bonchev–Trinajstić information content (AvgIpc) is 3.31. The molecule has 0 saturated heterocycles. The predicted molar refractivity (Wildman–Crippen MR) is 133 cm³/mol. The summed E-state index contributed by atoms with van der Waals surface area (Å²) in [5.74, 6) is 0.382. The van der Waals surface area contributed by atoms with Gasteiger partial charge in [0.2, 0.25) is 11.8 Å². The number of ether oxygens (including phenoxy) is 1. The van der Waals surface area contributed by atoms with Gasteiger partial charge in [-0.1, -0.05) is 12.1 Å². The van der Waals surface area contributed by atoms with Gasteiger partial charge in [0.05, 0.1) is 11.1 Å². The summed E-state index contributed by atoms with van der Waals surface area (Å²) in [5.41, 5.74) is 4.74. The van der Waals surface area contributed by atoms with Crippen LogP contribution < -0.4 is 10.1 Å². The molecule has 2 heterocycles. The zero-order valence-corrected chi connectivity index (χ0v) is 19.6. The topological polar surface area (TPSA) is 70.8 Å². The molecule has 2 aromatic heterocycles. The van der Waals surface area contributed by atoms with E-state index >= 15 is 0 Å². The van der Waals surface area contributed by atoms with Crippen molar-refractivity contribution in [2.45, 2.75) is 13.8 Å². The highest BCUT2D eigenvalue weighted by molar-refractivity contribution is 7.17. The van der Waals surface area contributed by atoms with Gasteiger partial charge < -0.3 is 10.1 Å². The van der Waals surface area contributed by atoms with Crippen molar-refractivity contribution in [3.05, 3.63) is 94.4 Å². The number of halogens is 2. The van der Waals surface area contributed by atoms with Crippen LogP contribution in [-0.4, -0.2) is 9.97 Å². The van der Waals surface area contributed by atoms with Crippen molar-refractivity contribution in [2.75, 3.05) is 5.32 Å². The molecular formula is C27H18F2N4OS. The zero-order chi connectivity index (χ0) is 24.5. The number of nitrogens with one attached hydrogen (secondary N) is 1. The number of anilines is 2. The van der Waals surface area contributed by atoms with Crippen molar-refractivity contribution >= 4 is 33.2 Å². The van der Waals surface area contributed by atoms with Gasteiger partial charge in [-0.05, 0) is 90.0 Å². The quantitative estimate of drug-likeness (QED) is 0.277. The van der Waals surface area contributed by atoms with E-state index in [9.17, 15) is 8.78 Å². The highest BCUT2D eigenvalue weighted by atomic mass is 32.1. The summed E-state index contributed by atoms with van der Waals surface area (Å²) in [6.07, 6.45) is 0. The van der Waals surface area contributed by atoms with Crippen LogP contribution in [0, 0.1) is 36.8 Å². The molecule has 0 saturated carbocycles. The first-order chi connectivity index (χ1) is 16.9. The fourth-order valence-electron chi connectivity index (χ4n) is 3.79. The van der Waals surface area contributed by atoms with Crippen molar-refractivity contribution in [3.63, 3.8) is 0 Å². The lowest BCUT2D eigenvalue weighted by molar-refractivity contribution is 0.463. The molecule has 8 heteroatoms. The van der Waals surface area contributed by atoms with Crippen LogP contribution >= 0.6 is 11.3 Å². The van der Waals surface area contributed by atoms with Gasteiger partial charge >= 0.3 is 0 Å². The molecule has 0 radical (unpaired) electrons. The van der Waals surface area contributed by atoms with Gasteiger partial charge in [0.1, 0.15) is 28.2 Å². The Kier molecular flexibility index (Phi) is 5.85. The van der Waals surface area contributed by atoms with Crippen LogP contribution in [0.3, 0.4) is 0 Å². The van der Waals surface area contributed by atoms with E-state index in [1.807, 2.05) is 37.4 Å². The minimum atomic E-state index is -0.627. The minimum Gasteiger partial charge on any atom is -0.437 e. The first-order valence-electron chi connectivity index (χ1n) is 10.7. The maximum absolute atomic E-state index is 14.0. The molecule has 0 amide bonds. The Hall–Kier alpha value is -4.35. The Morgan fingerprint density at radius 2 is 1.66 bits per heavy atom. The molecule has 0 aliphatic carbocycles. The normalized spacial score (nSPS) is 10.8. The van der Waals surface area contributed by atoms with Gasteiger partial charge in [-0.25, -0.2) is 13.8 Å². The second-order valence-corrected chi connectivity index (χ2v) is 8.88. The fraction of sp³-hybridized carbons (Fsp3) is 0.0741. The number of aryl methyl sites for hydroxylation is 2. The van der Waals surface area contributed by atoms with E-state index in [0.717, 1.165) is 27.0 Å². The van der Waals surface area contributed by atoms with E-state index in [4.69, 9.17) is 10.00 Å². The third kappa shape index (κ3) is 4.54. The summed E-state index contributed by atoms with van der Waals surface area (Å²) < 4.78 is 34.4. The summed E-state index contributed by atoms with van der Waals surface area (Å²) in [7, 11) is 0. The van der Waals surface area contributed by atoms with Crippen molar-refractivity contribution in [2.24, 2.45) is 0 Å². The smallest absolute Gasteiger partial charge is 0.242 e. The Morgan fingerprint density at radius 1 is 0.914 bits per heavy atom. The molecule has 1 N–H and O–H groups in total. The van der Waals surface area contributed by atoms with Crippen LogP contribution in [0.25, 0.3) is 21.3 Å². The minimum absolute atomic E-state index is 0.0381. The molecule has 172 valence electrons. The number of aromatic nitrogens is 2. The first kappa shape index (κ1) is 22.4. The predicted octanol–water partition coefficient (Wildman–Crippen LogP) is 7.66. The summed E-state index contributed by atoms with van der Waals surface area (Å²) in [6.45, 7) is 3.89. The van der Waals surface area contributed by atoms with Crippen LogP contribution in [0.1, 0.15) is 16.7 Å².